The van der Waals surface area contributed by atoms with Crippen molar-refractivity contribution in [3.63, 3.8) is 0 Å². The second-order valence-electron chi connectivity index (χ2n) is 7.78. The normalized spacial score (nSPS) is 12.3. The number of hydrogen-bond acceptors (Lipinski definition) is 5. The van der Waals surface area contributed by atoms with Gasteiger partial charge in [-0.3, -0.25) is 14.0 Å². The van der Waals surface area contributed by atoms with Crippen LogP contribution in [0.25, 0.3) is 5.65 Å². The summed E-state index contributed by atoms with van der Waals surface area (Å²) in [5.41, 5.74) is 3.34. The number of imidazole rings is 1. The molecule has 182 valence electrons. The topological polar surface area (TPSA) is 116 Å². The van der Waals surface area contributed by atoms with Gasteiger partial charge < -0.3 is 20.8 Å². The quantitative estimate of drug-likeness (QED) is 0.340. The number of aliphatic hydroxyl groups excluding tert-OH is 2. The van der Waals surface area contributed by atoms with E-state index in [1.807, 2.05) is 25.3 Å². The van der Waals surface area contributed by atoms with Crippen molar-refractivity contribution in [2.45, 2.75) is 19.1 Å². The van der Waals surface area contributed by atoms with Crippen molar-refractivity contribution >= 4 is 17.5 Å². The van der Waals surface area contributed by atoms with Crippen LogP contribution in [0.2, 0.25) is 0 Å². The maximum Gasteiger partial charge on any atom is 0.269 e. The van der Waals surface area contributed by atoms with Crippen LogP contribution >= 0.6 is 0 Å². The van der Waals surface area contributed by atoms with Gasteiger partial charge >= 0.3 is 0 Å². The highest BCUT2D eigenvalue weighted by molar-refractivity contribution is 5.94. The number of aromatic nitrogens is 2. The Balaban J connectivity index is 0.000000211. The van der Waals surface area contributed by atoms with E-state index in [0.29, 0.717) is 11.3 Å². The molecule has 9 heteroatoms. The van der Waals surface area contributed by atoms with Crippen molar-refractivity contribution in [1.82, 2.24) is 20.0 Å². The fourth-order valence-electron chi connectivity index (χ4n) is 3.34. The predicted molar refractivity (Wildman–Crippen MR) is 129 cm³/mol. The second-order valence-corrected chi connectivity index (χ2v) is 7.78. The van der Waals surface area contributed by atoms with Crippen LogP contribution in [0.4, 0.5) is 4.39 Å². The van der Waals surface area contributed by atoms with E-state index in [9.17, 15) is 24.2 Å². The summed E-state index contributed by atoms with van der Waals surface area (Å²) in [6.07, 6.45) is 2.40. The first-order chi connectivity index (χ1) is 16.8. The van der Waals surface area contributed by atoms with Gasteiger partial charge in [0.05, 0.1) is 18.8 Å². The van der Waals surface area contributed by atoms with Gasteiger partial charge in [0.15, 0.2) is 0 Å². The Morgan fingerprint density at radius 3 is 2.37 bits per heavy atom. The highest BCUT2D eigenvalue weighted by Gasteiger charge is 2.22. The monoisotopic (exact) mass is 478 g/mol. The zero-order valence-corrected chi connectivity index (χ0v) is 19.4. The SMILES string of the molecule is CNC(=O)c1cnc2cc(C)ccn12.O=C(N[C@@H](CO)C(O)c1ccccc1)c1ccc(F)cc1. The van der Waals surface area contributed by atoms with E-state index in [1.165, 1.54) is 24.3 Å². The maximum atomic E-state index is 12.8. The number of nitrogens with one attached hydrogen (secondary N) is 2. The highest BCUT2D eigenvalue weighted by Crippen LogP contribution is 2.17. The molecule has 0 aliphatic heterocycles. The number of halogens is 1. The van der Waals surface area contributed by atoms with Crippen LogP contribution in [0.15, 0.2) is 79.1 Å². The number of benzene rings is 2. The fourth-order valence-corrected chi connectivity index (χ4v) is 3.34. The highest BCUT2D eigenvalue weighted by atomic mass is 19.1. The standard InChI is InChI=1S/C16H16FNO3.C10H11N3O/c17-13-8-6-12(7-9-13)16(21)18-14(10-19)15(20)11-4-2-1-3-5-11;1-7-3-4-13-8(10(14)11-2)6-12-9(13)5-7/h1-9,14-15,19-20H,10H2,(H,18,21);3-6H,1-2H3,(H,11,14)/t14-,15?;/m0./s1. The minimum Gasteiger partial charge on any atom is -0.394 e. The fraction of sp³-hybridized carbons (Fsp3) is 0.192. The molecule has 1 unspecified atom stereocenters. The third-order valence-electron chi connectivity index (χ3n) is 5.27. The molecule has 0 radical (unpaired) electrons. The Labute approximate surface area is 202 Å². The van der Waals surface area contributed by atoms with E-state index >= 15 is 0 Å². The average Bonchev–Trinajstić information content (AvgIpc) is 3.30. The van der Waals surface area contributed by atoms with Gasteiger partial charge in [0, 0.05) is 18.8 Å². The smallest absolute Gasteiger partial charge is 0.269 e. The van der Waals surface area contributed by atoms with Crippen LogP contribution in [0.3, 0.4) is 0 Å². The summed E-state index contributed by atoms with van der Waals surface area (Å²) in [5, 5.41) is 24.7. The van der Waals surface area contributed by atoms with Gasteiger partial charge in [-0.05, 0) is 54.4 Å². The number of aryl methyl sites for hydroxylation is 1. The number of pyridine rings is 1. The van der Waals surface area contributed by atoms with Gasteiger partial charge in [-0.25, -0.2) is 9.37 Å². The molecular formula is C26H27FN4O4. The van der Waals surface area contributed by atoms with Crippen molar-refractivity contribution < 1.29 is 24.2 Å². The van der Waals surface area contributed by atoms with E-state index in [-0.39, 0.29) is 11.5 Å². The first kappa shape index (κ1) is 25.5. The lowest BCUT2D eigenvalue weighted by Gasteiger charge is -2.22. The molecule has 0 saturated carbocycles. The lowest BCUT2D eigenvalue weighted by atomic mass is 10.0. The predicted octanol–water partition coefficient (Wildman–Crippen LogP) is 2.65. The zero-order chi connectivity index (χ0) is 25.4. The first-order valence-corrected chi connectivity index (χ1v) is 10.9. The maximum absolute atomic E-state index is 12.8. The van der Waals surface area contributed by atoms with Crippen molar-refractivity contribution in [2.24, 2.45) is 0 Å². The minimum atomic E-state index is -1.03. The Bertz CT molecular complexity index is 1280. The Kier molecular flexibility index (Phi) is 8.66. The number of rotatable bonds is 6. The largest absolute Gasteiger partial charge is 0.394 e. The Hall–Kier alpha value is -4.08. The van der Waals surface area contributed by atoms with E-state index in [0.717, 1.165) is 11.2 Å². The average molecular weight is 479 g/mol. The number of fused-ring (bicyclic) bond motifs is 1. The molecule has 2 aromatic carbocycles. The zero-order valence-electron chi connectivity index (χ0n) is 19.4. The molecular weight excluding hydrogens is 451 g/mol. The molecule has 0 bridgehead atoms. The molecule has 4 N–H and O–H groups in total. The van der Waals surface area contributed by atoms with Crippen molar-refractivity contribution in [2.75, 3.05) is 13.7 Å². The number of carbonyl (C=O) groups is 2. The van der Waals surface area contributed by atoms with E-state index in [2.05, 4.69) is 15.6 Å². The summed E-state index contributed by atoms with van der Waals surface area (Å²) < 4.78 is 14.6. The van der Waals surface area contributed by atoms with Crippen molar-refractivity contribution in [1.29, 1.82) is 0 Å². The molecule has 0 aliphatic carbocycles. The van der Waals surface area contributed by atoms with Crippen LogP contribution in [-0.2, 0) is 0 Å². The molecule has 2 aromatic heterocycles. The summed E-state index contributed by atoms with van der Waals surface area (Å²) in [4.78, 5) is 27.6. The van der Waals surface area contributed by atoms with Crippen LogP contribution in [0.1, 0.15) is 38.1 Å². The number of aliphatic hydroxyl groups is 2. The summed E-state index contributed by atoms with van der Waals surface area (Å²) in [7, 11) is 1.61. The molecule has 35 heavy (non-hydrogen) atoms. The molecule has 2 heterocycles. The molecule has 4 aromatic rings. The third-order valence-corrected chi connectivity index (χ3v) is 5.27. The Morgan fingerprint density at radius 1 is 1.06 bits per heavy atom. The van der Waals surface area contributed by atoms with E-state index < -0.39 is 30.5 Å². The van der Waals surface area contributed by atoms with Gasteiger partial charge in [-0.1, -0.05) is 30.3 Å². The lowest BCUT2D eigenvalue weighted by molar-refractivity contribution is 0.0703. The van der Waals surface area contributed by atoms with Gasteiger partial charge in [0.25, 0.3) is 11.8 Å². The molecule has 0 saturated heterocycles. The van der Waals surface area contributed by atoms with Gasteiger partial charge in [0.1, 0.15) is 23.3 Å². The van der Waals surface area contributed by atoms with Crippen molar-refractivity contribution in [3.05, 3.63) is 107 Å². The number of nitrogens with zero attached hydrogens (tertiary/aromatic N) is 2. The molecule has 2 amide bonds. The van der Waals surface area contributed by atoms with Gasteiger partial charge in [-0.15, -0.1) is 0 Å². The van der Waals surface area contributed by atoms with Crippen LogP contribution in [0.5, 0.6) is 0 Å². The summed E-state index contributed by atoms with van der Waals surface area (Å²) in [5.74, 6) is -1.04. The lowest BCUT2D eigenvalue weighted by Crippen LogP contribution is -2.41. The summed E-state index contributed by atoms with van der Waals surface area (Å²) in [6.45, 7) is 1.58. The molecule has 0 aliphatic rings. The molecule has 0 fully saturated rings. The number of hydrogen-bond donors (Lipinski definition) is 4. The number of carbonyl (C=O) groups excluding carboxylic acids is 2. The first-order valence-electron chi connectivity index (χ1n) is 10.9. The third kappa shape index (κ3) is 6.50. The molecule has 4 rings (SSSR count). The summed E-state index contributed by atoms with van der Waals surface area (Å²) in [6, 6.07) is 16.8. The van der Waals surface area contributed by atoms with E-state index in [4.69, 9.17) is 0 Å². The van der Waals surface area contributed by atoms with E-state index in [1.54, 1.807) is 48.0 Å². The minimum absolute atomic E-state index is 0.124. The van der Waals surface area contributed by atoms with Gasteiger partial charge in [-0.2, -0.15) is 0 Å². The Morgan fingerprint density at radius 2 is 1.74 bits per heavy atom. The second kappa shape index (κ2) is 11.9. The molecule has 2 atom stereocenters. The molecule has 8 nitrogen and oxygen atoms in total. The van der Waals surface area contributed by atoms with Crippen LogP contribution in [0, 0.1) is 12.7 Å². The van der Waals surface area contributed by atoms with Gasteiger partial charge in [0.2, 0.25) is 0 Å². The van der Waals surface area contributed by atoms with Crippen molar-refractivity contribution in [3.8, 4) is 0 Å². The van der Waals surface area contributed by atoms with Crippen LogP contribution < -0.4 is 10.6 Å². The molecule has 0 spiro atoms. The van der Waals surface area contributed by atoms with Crippen LogP contribution in [-0.4, -0.2) is 51.1 Å². The summed E-state index contributed by atoms with van der Waals surface area (Å²) >= 11 is 0. The number of amides is 2.